The first-order chi connectivity index (χ1) is 37.9. The van der Waals surface area contributed by atoms with E-state index >= 15 is 0 Å². The molecular formula is C63H80N8O8. The molecule has 0 bridgehead atoms. The van der Waals surface area contributed by atoms with E-state index in [9.17, 15) is 33.6 Å². The second-order valence-electron chi connectivity index (χ2n) is 23.0. The Labute approximate surface area is 465 Å². The highest BCUT2D eigenvalue weighted by atomic mass is 16.5. The summed E-state index contributed by atoms with van der Waals surface area (Å²) in [6.07, 6.45) is 10.6. The maximum Gasteiger partial charge on any atom is 0.251 e. The Balaban J connectivity index is 0.893. The van der Waals surface area contributed by atoms with Crippen molar-refractivity contribution in [3.05, 3.63) is 148 Å². The second-order valence-corrected chi connectivity index (χ2v) is 23.0. The van der Waals surface area contributed by atoms with E-state index in [2.05, 4.69) is 55.4 Å². The van der Waals surface area contributed by atoms with Crippen molar-refractivity contribution in [1.29, 1.82) is 0 Å². The monoisotopic (exact) mass is 1080 g/mol. The first-order valence-electron chi connectivity index (χ1n) is 28.2. The molecule has 7 N–H and O–H groups in total. The molecule has 8 unspecified atom stereocenters. The van der Waals surface area contributed by atoms with Crippen LogP contribution in [0.3, 0.4) is 0 Å². The van der Waals surface area contributed by atoms with E-state index in [1.54, 1.807) is 40.1 Å². The van der Waals surface area contributed by atoms with Crippen LogP contribution in [0.15, 0.2) is 109 Å². The number of aryl methyl sites for hydroxylation is 2. The molecule has 0 radical (unpaired) electrons. The van der Waals surface area contributed by atoms with Crippen LogP contribution in [-0.4, -0.2) is 103 Å². The fourth-order valence-corrected chi connectivity index (χ4v) is 11.5. The minimum Gasteiger partial charge on any atom is -0.489 e. The number of Topliss-reactive ketones (excluding diaryl/α,β-unsaturated/α-hetero) is 1. The molecule has 6 amide bonds. The number of likely N-dealkylation sites (tertiary alicyclic amines) is 1. The van der Waals surface area contributed by atoms with Crippen LogP contribution in [0.5, 0.6) is 5.75 Å². The number of ether oxygens (including phenoxy) is 1. The summed E-state index contributed by atoms with van der Waals surface area (Å²) in [4.78, 5) is 99.4. The topological polar surface area (TPSA) is 216 Å². The largest absolute Gasteiger partial charge is 0.489 e. The normalized spacial score (nSPS) is 22.1. The fraction of sp³-hybridized carbons (Fsp3) is 0.476. The van der Waals surface area contributed by atoms with Crippen molar-refractivity contribution in [2.75, 3.05) is 20.6 Å². The number of carbonyl (C=O) groups excluding carboxylic acids is 7. The Morgan fingerprint density at radius 3 is 1.77 bits per heavy atom. The molecule has 8 rings (SSSR count). The summed E-state index contributed by atoms with van der Waals surface area (Å²) in [5.74, 6) is -2.62. The lowest BCUT2D eigenvalue weighted by Crippen LogP contribution is -2.59. The van der Waals surface area contributed by atoms with Crippen LogP contribution in [0.1, 0.15) is 135 Å². The molecule has 4 aromatic rings. The molecule has 0 saturated carbocycles. The van der Waals surface area contributed by atoms with Crippen molar-refractivity contribution in [1.82, 2.24) is 42.1 Å². The van der Waals surface area contributed by atoms with Crippen molar-refractivity contribution >= 4 is 41.2 Å². The number of benzene rings is 4. The van der Waals surface area contributed by atoms with E-state index in [-0.39, 0.29) is 73.4 Å². The fourth-order valence-electron chi connectivity index (χ4n) is 11.5. The average molecular weight is 1080 g/mol. The Kier molecular flexibility index (Phi) is 19.2. The van der Waals surface area contributed by atoms with Gasteiger partial charge in [-0.1, -0.05) is 106 Å². The summed E-state index contributed by atoms with van der Waals surface area (Å²) in [6, 6.07) is 26.0. The Morgan fingerprint density at radius 1 is 0.646 bits per heavy atom. The van der Waals surface area contributed by atoms with Gasteiger partial charge in [0.15, 0.2) is 5.78 Å². The lowest BCUT2D eigenvalue weighted by Gasteiger charge is -2.36. The predicted octanol–water partition coefficient (Wildman–Crippen LogP) is 6.28. The molecule has 10 atom stereocenters. The second kappa shape index (κ2) is 26.2. The van der Waals surface area contributed by atoms with Gasteiger partial charge in [-0.25, -0.2) is 0 Å². The van der Waals surface area contributed by atoms with Gasteiger partial charge in [0.05, 0.1) is 36.1 Å². The Hall–Kier alpha value is -7.17. The van der Waals surface area contributed by atoms with E-state index in [4.69, 9.17) is 4.74 Å². The number of hydrogen-bond acceptors (Lipinski definition) is 10. The predicted molar refractivity (Wildman–Crippen MR) is 304 cm³/mol. The Bertz CT molecular complexity index is 2860. The lowest BCUT2D eigenvalue weighted by atomic mass is 9.76. The molecule has 0 aromatic heterocycles. The molecule has 16 heteroatoms. The SMILES string of the molecule is CN[C@@H](C)C(=O)NC(Cc1ccc(OCc2ccc(C(=O)NC3CC(C(=O)NC4CCCc5ccccc54)N(C(=O)C(NC(=O)[C@H](C)NC)C(C)(C)C)C3)cc2)cc1)C(=O)C1CC=CCC1C(=O)NC1CCCc2ccccc21. The number of carbonyl (C=O) groups is 7. The molecule has 3 aliphatic carbocycles. The summed E-state index contributed by atoms with van der Waals surface area (Å²) < 4.78 is 6.16. The van der Waals surface area contributed by atoms with Crippen LogP contribution in [-0.2, 0) is 54.6 Å². The number of nitrogens with zero attached hydrogens (tertiary/aromatic N) is 1. The van der Waals surface area contributed by atoms with Gasteiger partial charge < -0.3 is 46.9 Å². The zero-order valence-electron chi connectivity index (χ0n) is 46.9. The first kappa shape index (κ1) is 58.0. The van der Waals surface area contributed by atoms with Gasteiger partial charge in [0.2, 0.25) is 29.5 Å². The van der Waals surface area contributed by atoms with Gasteiger partial charge in [0.1, 0.15) is 24.4 Å². The molecule has 1 saturated heterocycles. The molecule has 4 aliphatic rings. The van der Waals surface area contributed by atoms with Crippen molar-refractivity contribution in [2.24, 2.45) is 17.3 Å². The molecule has 16 nitrogen and oxygen atoms in total. The quantitative estimate of drug-likeness (QED) is 0.0492. The average Bonchev–Trinajstić information content (AvgIpc) is 4.06. The van der Waals surface area contributed by atoms with Crippen LogP contribution in [0.2, 0.25) is 0 Å². The minimum atomic E-state index is -0.941. The number of likely N-dealkylation sites (N-methyl/N-ethyl adjacent to an activating group) is 2. The van der Waals surface area contributed by atoms with Gasteiger partial charge in [-0.2, -0.15) is 0 Å². The Morgan fingerprint density at radius 2 is 1.19 bits per heavy atom. The molecular weight excluding hydrogens is 997 g/mol. The molecule has 1 heterocycles. The number of rotatable bonds is 20. The van der Waals surface area contributed by atoms with Gasteiger partial charge in [0, 0.05) is 24.1 Å². The van der Waals surface area contributed by atoms with Crippen LogP contribution < -0.4 is 42.0 Å². The van der Waals surface area contributed by atoms with Gasteiger partial charge in [-0.15, -0.1) is 0 Å². The van der Waals surface area contributed by atoms with E-state index < -0.39 is 59.4 Å². The molecule has 0 spiro atoms. The third kappa shape index (κ3) is 14.4. The third-order valence-electron chi connectivity index (χ3n) is 16.4. The minimum absolute atomic E-state index is 0.0770. The first-order valence-corrected chi connectivity index (χ1v) is 28.2. The standard InChI is InChI=1S/C63H80N8O8/c1-38(64-6)57(73)69-53(55(72)49-22-12-13-23-50(49)60(76)67-51-24-14-18-42-16-8-10-20-47(42)51)34-40-28-32-46(33-29-40)79-37-41-26-30-44(31-27-41)59(75)66-45-35-54(61(77)68-52-25-15-19-43-17-9-11-21-48(43)52)71(36-45)62(78)56(63(3,4)5)70-58(74)39(2)65-7/h8-13,16-17,20-21,26-33,38-39,45,49-54,56,64-65H,14-15,18-19,22-25,34-37H2,1-7H3,(H,66,75)(H,67,76)(H,68,77)(H,69,73)(H,70,74)/t38-,39-,45?,49?,50?,51?,52?,53?,54?,56?/m0/s1. The summed E-state index contributed by atoms with van der Waals surface area (Å²) in [5.41, 5.74) is 5.94. The van der Waals surface area contributed by atoms with Crippen LogP contribution in [0.4, 0.5) is 0 Å². The summed E-state index contributed by atoms with van der Waals surface area (Å²) in [6.45, 7) is 9.34. The van der Waals surface area contributed by atoms with E-state index in [0.717, 1.165) is 60.8 Å². The van der Waals surface area contributed by atoms with Crippen molar-refractivity contribution in [3.63, 3.8) is 0 Å². The van der Waals surface area contributed by atoms with Crippen LogP contribution in [0.25, 0.3) is 0 Å². The van der Waals surface area contributed by atoms with Crippen LogP contribution >= 0.6 is 0 Å². The number of amides is 6. The van der Waals surface area contributed by atoms with Gasteiger partial charge in [0.25, 0.3) is 5.91 Å². The molecule has 1 aliphatic heterocycles. The molecule has 1 fully saturated rings. The lowest BCUT2D eigenvalue weighted by molar-refractivity contribution is -0.144. The van der Waals surface area contributed by atoms with Gasteiger partial charge >= 0.3 is 0 Å². The van der Waals surface area contributed by atoms with E-state index in [1.165, 1.54) is 16.0 Å². The van der Waals surface area contributed by atoms with Crippen molar-refractivity contribution in [2.45, 2.75) is 154 Å². The summed E-state index contributed by atoms with van der Waals surface area (Å²) >= 11 is 0. The van der Waals surface area contributed by atoms with E-state index in [0.29, 0.717) is 24.2 Å². The van der Waals surface area contributed by atoms with Gasteiger partial charge in [-0.3, -0.25) is 33.6 Å². The summed E-state index contributed by atoms with van der Waals surface area (Å²) in [7, 11) is 3.36. The summed E-state index contributed by atoms with van der Waals surface area (Å²) in [5, 5.41) is 21.4. The zero-order valence-corrected chi connectivity index (χ0v) is 46.9. The number of hydrogen-bond donors (Lipinski definition) is 7. The number of nitrogens with one attached hydrogen (secondary N) is 7. The van der Waals surface area contributed by atoms with E-state index in [1.807, 2.05) is 99.7 Å². The highest BCUT2D eigenvalue weighted by molar-refractivity contribution is 5.97. The molecule has 420 valence electrons. The van der Waals surface area contributed by atoms with Crippen molar-refractivity contribution < 1.29 is 38.3 Å². The van der Waals surface area contributed by atoms with Gasteiger partial charge in [-0.05, 0) is 155 Å². The number of ketones is 1. The molecule has 79 heavy (non-hydrogen) atoms. The van der Waals surface area contributed by atoms with Crippen LogP contribution in [0, 0.1) is 17.3 Å². The van der Waals surface area contributed by atoms with Crippen molar-refractivity contribution in [3.8, 4) is 5.75 Å². The maximum atomic E-state index is 14.6. The maximum absolute atomic E-state index is 14.6. The number of allylic oxidation sites excluding steroid dienone is 2. The third-order valence-corrected chi connectivity index (χ3v) is 16.4. The number of fused-ring (bicyclic) bond motifs is 2. The zero-order chi connectivity index (χ0) is 56.4. The highest BCUT2D eigenvalue weighted by Gasteiger charge is 2.46. The molecule has 4 aromatic carbocycles. The highest BCUT2D eigenvalue weighted by Crippen LogP contribution is 2.35. The smallest absolute Gasteiger partial charge is 0.251 e.